The van der Waals surface area contributed by atoms with Crippen LogP contribution in [-0.4, -0.2) is 23.2 Å². The molecule has 0 aliphatic rings. The quantitative estimate of drug-likeness (QED) is 0.697. The van der Waals surface area contributed by atoms with E-state index in [1.165, 1.54) is 0 Å². The molecule has 1 aromatic rings. The molecule has 0 amide bonds. The minimum Gasteiger partial charge on any atom is -0.396 e. The largest absolute Gasteiger partial charge is 0.396 e. The van der Waals surface area contributed by atoms with Crippen molar-refractivity contribution in [1.29, 1.82) is 0 Å². The Hall–Kier alpha value is -0.930. The molecule has 1 atom stereocenters. The van der Waals surface area contributed by atoms with Gasteiger partial charge in [0.2, 0.25) is 0 Å². The van der Waals surface area contributed by atoms with Crippen LogP contribution in [0.1, 0.15) is 12.1 Å². The van der Waals surface area contributed by atoms with Gasteiger partial charge in [-0.05, 0) is 37.4 Å². The van der Waals surface area contributed by atoms with E-state index in [4.69, 9.17) is 10.8 Å². The molecular formula is C10H16N2O. The summed E-state index contributed by atoms with van der Waals surface area (Å²) in [6.07, 6.45) is 3.58. The van der Waals surface area contributed by atoms with Crippen molar-refractivity contribution >= 4 is 0 Å². The van der Waals surface area contributed by atoms with Gasteiger partial charge in [-0.2, -0.15) is 0 Å². The van der Waals surface area contributed by atoms with Crippen LogP contribution in [0.2, 0.25) is 0 Å². The van der Waals surface area contributed by atoms with E-state index in [0.29, 0.717) is 6.54 Å². The van der Waals surface area contributed by atoms with Gasteiger partial charge in [0, 0.05) is 18.5 Å². The highest BCUT2D eigenvalue weighted by Crippen LogP contribution is 2.05. The minimum atomic E-state index is 0.170. The van der Waals surface area contributed by atoms with Crippen molar-refractivity contribution in [3.05, 3.63) is 30.1 Å². The highest BCUT2D eigenvalue weighted by Gasteiger charge is 2.04. The van der Waals surface area contributed by atoms with Crippen LogP contribution in [0.4, 0.5) is 0 Å². The predicted octanol–water partition coefficient (Wildman–Crippen LogP) is 0.581. The van der Waals surface area contributed by atoms with Crippen LogP contribution in [-0.2, 0) is 6.42 Å². The molecule has 0 spiro atoms. The summed E-state index contributed by atoms with van der Waals surface area (Å²) in [5, 5.41) is 8.90. The summed E-state index contributed by atoms with van der Waals surface area (Å²) in [5.41, 5.74) is 6.53. The maximum absolute atomic E-state index is 8.90. The van der Waals surface area contributed by atoms with Gasteiger partial charge in [0.1, 0.15) is 0 Å². The highest BCUT2D eigenvalue weighted by molar-refractivity contribution is 5.03. The van der Waals surface area contributed by atoms with Crippen molar-refractivity contribution in [1.82, 2.24) is 4.98 Å². The maximum atomic E-state index is 8.90. The van der Waals surface area contributed by atoms with E-state index in [2.05, 4.69) is 4.98 Å². The number of aromatic nitrogens is 1. The molecule has 13 heavy (non-hydrogen) atoms. The van der Waals surface area contributed by atoms with Crippen LogP contribution >= 0.6 is 0 Å². The molecule has 0 aromatic carbocycles. The lowest BCUT2D eigenvalue weighted by Gasteiger charge is -2.09. The number of nitrogens with zero attached hydrogens (tertiary/aromatic N) is 1. The molecule has 3 nitrogen and oxygen atoms in total. The average Bonchev–Trinajstić information content (AvgIpc) is 2.21. The average molecular weight is 180 g/mol. The molecule has 3 heteroatoms. The lowest BCUT2D eigenvalue weighted by atomic mass is 10.0. The van der Waals surface area contributed by atoms with Crippen LogP contribution in [0, 0.1) is 5.92 Å². The van der Waals surface area contributed by atoms with Crippen molar-refractivity contribution in [2.24, 2.45) is 11.7 Å². The molecule has 0 saturated heterocycles. The van der Waals surface area contributed by atoms with E-state index < -0.39 is 0 Å². The summed E-state index contributed by atoms with van der Waals surface area (Å²) in [5.74, 6) is 0.210. The summed E-state index contributed by atoms with van der Waals surface area (Å²) in [7, 11) is 0. The molecule has 3 N–H and O–H groups in total. The molecule has 0 bridgehead atoms. The van der Waals surface area contributed by atoms with E-state index in [9.17, 15) is 0 Å². The van der Waals surface area contributed by atoms with Crippen LogP contribution < -0.4 is 5.73 Å². The summed E-state index contributed by atoms with van der Waals surface area (Å²) < 4.78 is 0. The number of hydrogen-bond acceptors (Lipinski definition) is 3. The van der Waals surface area contributed by atoms with E-state index in [1.54, 1.807) is 6.20 Å². The molecule has 1 heterocycles. The first-order chi connectivity index (χ1) is 6.36. The monoisotopic (exact) mass is 180 g/mol. The Morgan fingerprint density at radius 3 is 2.85 bits per heavy atom. The highest BCUT2D eigenvalue weighted by atomic mass is 16.3. The third-order valence-corrected chi connectivity index (χ3v) is 2.13. The first-order valence-corrected chi connectivity index (χ1v) is 4.57. The van der Waals surface area contributed by atoms with Gasteiger partial charge in [-0.3, -0.25) is 4.98 Å². The summed E-state index contributed by atoms with van der Waals surface area (Å²) >= 11 is 0. The number of pyridine rings is 1. The number of aliphatic hydroxyl groups is 1. The second-order valence-electron chi connectivity index (χ2n) is 3.14. The molecule has 0 aliphatic carbocycles. The molecule has 0 saturated carbocycles. The molecule has 1 aromatic heterocycles. The second kappa shape index (κ2) is 5.67. The number of hydrogen-bond donors (Lipinski definition) is 2. The predicted molar refractivity (Wildman–Crippen MR) is 52.2 cm³/mol. The number of aliphatic hydroxyl groups excluding tert-OH is 1. The van der Waals surface area contributed by atoms with Crippen LogP contribution in [0.15, 0.2) is 24.4 Å². The second-order valence-corrected chi connectivity index (χ2v) is 3.14. The third-order valence-electron chi connectivity index (χ3n) is 2.13. The van der Waals surface area contributed by atoms with Gasteiger partial charge in [-0.25, -0.2) is 0 Å². The SMILES string of the molecule is NCC(CO)CCc1ccccn1. The number of rotatable bonds is 5. The maximum Gasteiger partial charge on any atom is 0.0471 e. The van der Waals surface area contributed by atoms with Gasteiger partial charge in [-0.15, -0.1) is 0 Å². The Kier molecular flexibility index (Phi) is 4.43. The summed E-state index contributed by atoms with van der Waals surface area (Å²) in [4.78, 5) is 4.20. The smallest absolute Gasteiger partial charge is 0.0471 e. The van der Waals surface area contributed by atoms with Crippen molar-refractivity contribution < 1.29 is 5.11 Å². The Bertz CT molecular complexity index is 222. The van der Waals surface area contributed by atoms with Crippen LogP contribution in [0.3, 0.4) is 0 Å². The van der Waals surface area contributed by atoms with Gasteiger partial charge in [0.05, 0.1) is 0 Å². The first-order valence-electron chi connectivity index (χ1n) is 4.57. The zero-order chi connectivity index (χ0) is 9.52. The fourth-order valence-corrected chi connectivity index (χ4v) is 1.18. The Morgan fingerprint density at radius 1 is 1.46 bits per heavy atom. The van der Waals surface area contributed by atoms with E-state index in [1.807, 2.05) is 18.2 Å². The van der Waals surface area contributed by atoms with Crippen molar-refractivity contribution in [2.75, 3.05) is 13.2 Å². The van der Waals surface area contributed by atoms with Gasteiger partial charge in [-0.1, -0.05) is 6.07 Å². The normalized spacial score (nSPS) is 12.8. The Balaban J connectivity index is 2.34. The van der Waals surface area contributed by atoms with Gasteiger partial charge in [0.25, 0.3) is 0 Å². The van der Waals surface area contributed by atoms with Crippen LogP contribution in [0.5, 0.6) is 0 Å². The minimum absolute atomic E-state index is 0.170. The molecule has 1 rings (SSSR count). The summed E-state index contributed by atoms with van der Waals surface area (Å²) in [6, 6.07) is 5.86. The molecule has 1 unspecified atom stereocenters. The number of nitrogens with two attached hydrogens (primary N) is 1. The van der Waals surface area contributed by atoms with Crippen molar-refractivity contribution in [2.45, 2.75) is 12.8 Å². The molecule has 0 fully saturated rings. The van der Waals surface area contributed by atoms with E-state index in [0.717, 1.165) is 18.5 Å². The fraction of sp³-hybridized carbons (Fsp3) is 0.500. The molecule has 0 aliphatic heterocycles. The van der Waals surface area contributed by atoms with Gasteiger partial charge in [0.15, 0.2) is 0 Å². The Labute approximate surface area is 78.6 Å². The third kappa shape index (κ3) is 3.53. The summed E-state index contributed by atoms with van der Waals surface area (Å²) in [6.45, 7) is 0.715. The Morgan fingerprint density at radius 2 is 2.31 bits per heavy atom. The van der Waals surface area contributed by atoms with E-state index in [-0.39, 0.29) is 12.5 Å². The zero-order valence-electron chi connectivity index (χ0n) is 7.69. The zero-order valence-corrected chi connectivity index (χ0v) is 7.69. The number of aryl methyl sites for hydroxylation is 1. The lowest BCUT2D eigenvalue weighted by molar-refractivity contribution is 0.223. The topological polar surface area (TPSA) is 59.1 Å². The first kappa shape index (κ1) is 10.2. The van der Waals surface area contributed by atoms with Crippen molar-refractivity contribution in [3.63, 3.8) is 0 Å². The van der Waals surface area contributed by atoms with E-state index >= 15 is 0 Å². The van der Waals surface area contributed by atoms with Crippen molar-refractivity contribution in [3.8, 4) is 0 Å². The standard InChI is InChI=1S/C10H16N2O/c11-7-9(8-13)4-5-10-3-1-2-6-12-10/h1-3,6,9,13H,4-5,7-8,11H2. The molecule has 72 valence electrons. The van der Waals surface area contributed by atoms with Gasteiger partial charge < -0.3 is 10.8 Å². The molecular weight excluding hydrogens is 164 g/mol. The molecule has 0 radical (unpaired) electrons. The lowest BCUT2D eigenvalue weighted by Crippen LogP contribution is -2.18. The van der Waals surface area contributed by atoms with Gasteiger partial charge >= 0.3 is 0 Å². The van der Waals surface area contributed by atoms with Crippen LogP contribution in [0.25, 0.3) is 0 Å². The fourth-order valence-electron chi connectivity index (χ4n) is 1.18.